The number of ether oxygens (including phenoxy) is 4. The molecule has 1 heterocycles. The summed E-state index contributed by atoms with van der Waals surface area (Å²) in [4.78, 5) is 26.1. The van der Waals surface area contributed by atoms with E-state index in [9.17, 15) is 9.59 Å². The molecule has 0 atom stereocenters. The minimum atomic E-state index is -0.629. The summed E-state index contributed by atoms with van der Waals surface area (Å²) in [6, 6.07) is 15.4. The molecule has 0 bridgehead atoms. The highest BCUT2D eigenvalue weighted by Gasteiger charge is 2.33. The highest BCUT2D eigenvalue weighted by molar-refractivity contribution is 6.03. The Morgan fingerprint density at radius 2 is 1.76 bits per heavy atom. The van der Waals surface area contributed by atoms with Gasteiger partial charge in [0.1, 0.15) is 24.8 Å². The van der Waals surface area contributed by atoms with E-state index in [1.165, 1.54) is 14.2 Å². The minimum absolute atomic E-state index is 0.0229. The van der Waals surface area contributed by atoms with Crippen LogP contribution in [-0.2, 0) is 30.4 Å². The van der Waals surface area contributed by atoms with Crippen LogP contribution in [-0.4, -0.2) is 39.5 Å². The zero-order valence-corrected chi connectivity index (χ0v) is 16.6. The fourth-order valence-corrected chi connectivity index (χ4v) is 3.10. The molecule has 0 aromatic heterocycles. The van der Waals surface area contributed by atoms with Gasteiger partial charge in [-0.1, -0.05) is 30.3 Å². The molecule has 2 aromatic carbocycles. The minimum Gasteiger partial charge on any atom is -0.489 e. The summed E-state index contributed by atoms with van der Waals surface area (Å²) in [6.45, 7) is 2.43. The second-order valence-corrected chi connectivity index (χ2v) is 6.44. The number of nitrogens with zero attached hydrogens (tertiary/aromatic N) is 1. The van der Waals surface area contributed by atoms with E-state index >= 15 is 0 Å². The van der Waals surface area contributed by atoms with Crippen LogP contribution < -0.4 is 9.64 Å². The van der Waals surface area contributed by atoms with Crippen molar-refractivity contribution in [3.63, 3.8) is 0 Å². The lowest BCUT2D eigenvalue weighted by Gasteiger charge is -2.32. The number of methoxy groups -OCH3 is 2. The number of carbonyl (C=O) groups excluding carboxylic acids is 2. The molecule has 0 radical (unpaired) electrons. The van der Waals surface area contributed by atoms with Gasteiger partial charge in [0.05, 0.1) is 26.4 Å². The van der Waals surface area contributed by atoms with Crippen molar-refractivity contribution in [3.8, 4) is 5.75 Å². The molecule has 7 nitrogen and oxygen atoms in total. The van der Waals surface area contributed by atoms with Crippen molar-refractivity contribution in [2.24, 2.45) is 0 Å². The van der Waals surface area contributed by atoms with Gasteiger partial charge in [0.25, 0.3) is 0 Å². The maximum Gasteiger partial charge on any atom is 0.355 e. The van der Waals surface area contributed by atoms with Gasteiger partial charge in [-0.25, -0.2) is 9.59 Å². The van der Waals surface area contributed by atoms with Crippen LogP contribution in [0.2, 0.25) is 0 Å². The maximum absolute atomic E-state index is 12.4. The van der Waals surface area contributed by atoms with Crippen LogP contribution in [0, 0.1) is 6.92 Å². The zero-order valence-electron chi connectivity index (χ0n) is 16.6. The van der Waals surface area contributed by atoms with Gasteiger partial charge in [0.2, 0.25) is 0 Å². The molecule has 0 N–H and O–H groups in total. The fourth-order valence-electron chi connectivity index (χ4n) is 3.10. The number of hydrogen-bond donors (Lipinski definition) is 0. The molecule has 0 spiro atoms. The van der Waals surface area contributed by atoms with E-state index in [0.717, 1.165) is 11.1 Å². The quantitative estimate of drug-likeness (QED) is 0.694. The molecule has 0 unspecified atom stereocenters. The fraction of sp³-hybridized carbons (Fsp3) is 0.273. The number of carbonyl (C=O) groups is 2. The molecule has 0 fully saturated rings. The van der Waals surface area contributed by atoms with Crippen LogP contribution in [0.15, 0.2) is 59.8 Å². The Labute approximate surface area is 169 Å². The Morgan fingerprint density at radius 1 is 1.03 bits per heavy atom. The van der Waals surface area contributed by atoms with Crippen LogP contribution in [0.4, 0.5) is 5.69 Å². The molecule has 1 aliphatic heterocycles. The molecule has 0 aliphatic carbocycles. The summed E-state index contributed by atoms with van der Waals surface area (Å²) in [6.07, 6.45) is 0. The Hall–Kier alpha value is -3.32. The molecule has 0 amide bonds. The average molecular weight is 397 g/mol. The van der Waals surface area contributed by atoms with Crippen molar-refractivity contribution in [1.82, 2.24) is 0 Å². The lowest BCUT2D eigenvalue weighted by Crippen LogP contribution is -2.39. The van der Waals surface area contributed by atoms with Gasteiger partial charge in [-0.05, 0) is 36.2 Å². The van der Waals surface area contributed by atoms with Gasteiger partial charge in [-0.2, -0.15) is 0 Å². The average Bonchev–Trinajstić information content (AvgIpc) is 2.77. The molecular formula is C22H23NO6. The predicted molar refractivity (Wildman–Crippen MR) is 106 cm³/mol. The van der Waals surface area contributed by atoms with Gasteiger partial charge >= 0.3 is 11.9 Å². The molecule has 7 heteroatoms. The highest BCUT2D eigenvalue weighted by atomic mass is 16.5. The SMILES string of the molecule is COC(=O)C1=C(C(=O)OC)N(c2ccc(OCc3ccccc3)cc2C)COC1. The largest absolute Gasteiger partial charge is 0.489 e. The second kappa shape index (κ2) is 9.25. The van der Waals surface area contributed by atoms with Crippen LogP contribution >= 0.6 is 0 Å². The highest BCUT2D eigenvalue weighted by Crippen LogP contribution is 2.31. The molecule has 0 saturated carbocycles. The maximum atomic E-state index is 12.4. The first-order valence-corrected chi connectivity index (χ1v) is 9.07. The van der Waals surface area contributed by atoms with Crippen LogP contribution in [0.25, 0.3) is 0 Å². The molecule has 0 saturated heterocycles. The number of rotatable bonds is 6. The normalized spacial score (nSPS) is 13.8. The number of benzene rings is 2. The van der Waals surface area contributed by atoms with E-state index in [4.69, 9.17) is 18.9 Å². The van der Waals surface area contributed by atoms with Gasteiger partial charge in [0.15, 0.2) is 0 Å². The summed E-state index contributed by atoms with van der Waals surface area (Å²) in [5.41, 5.74) is 2.86. The van der Waals surface area contributed by atoms with Gasteiger partial charge in [0, 0.05) is 5.69 Å². The van der Waals surface area contributed by atoms with E-state index in [-0.39, 0.29) is 24.6 Å². The molecule has 1 aliphatic rings. The first kappa shape index (κ1) is 20.4. The summed E-state index contributed by atoms with van der Waals surface area (Å²) in [5, 5.41) is 0. The zero-order chi connectivity index (χ0) is 20.8. The lowest BCUT2D eigenvalue weighted by atomic mass is 10.1. The third kappa shape index (κ3) is 4.57. The predicted octanol–water partition coefficient (Wildman–Crippen LogP) is 2.97. The smallest absolute Gasteiger partial charge is 0.355 e. The summed E-state index contributed by atoms with van der Waals surface area (Å²) < 4.78 is 21.1. The van der Waals surface area contributed by atoms with Crippen molar-refractivity contribution >= 4 is 17.6 Å². The van der Waals surface area contributed by atoms with E-state index in [2.05, 4.69) is 0 Å². The molecular weight excluding hydrogens is 374 g/mol. The summed E-state index contributed by atoms with van der Waals surface area (Å²) in [7, 11) is 2.53. The molecule has 152 valence electrons. The third-order valence-electron chi connectivity index (χ3n) is 4.54. The van der Waals surface area contributed by atoms with E-state index in [0.29, 0.717) is 18.0 Å². The van der Waals surface area contributed by atoms with E-state index in [1.807, 2.05) is 55.5 Å². The summed E-state index contributed by atoms with van der Waals surface area (Å²) >= 11 is 0. The van der Waals surface area contributed by atoms with Crippen molar-refractivity contribution in [1.29, 1.82) is 0 Å². The van der Waals surface area contributed by atoms with Crippen LogP contribution in [0.5, 0.6) is 5.75 Å². The van der Waals surface area contributed by atoms with Gasteiger partial charge < -0.3 is 23.8 Å². The molecule has 2 aromatic rings. The third-order valence-corrected chi connectivity index (χ3v) is 4.54. The van der Waals surface area contributed by atoms with Crippen LogP contribution in [0.3, 0.4) is 0 Å². The van der Waals surface area contributed by atoms with E-state index < -0.39 is 11.9 Å². The standard InChI is InChI=1S/C22H23NO6/c1-15-11-17(29-12-16-7-5-4-6-8-16)9-10-19(15)23-14-28-13-18(21(24)26-2)20(23)22(25)27-3/h4-11H,12-14H2,1-3H3. The first-order chi connectivity index (χ1) is 14.0. The monoisotopic (exact) mass is 397 g/mol. The number of anilines is 1. The Kier molecular flexibility index (Phi) is 6.51. The number of esters is 2. The van der Waals surface area contributed by atoms with Crippen molar-refractivity contribution in [3.05, 3.63) is 70.9 Å². The second-order valence-electron chi connectivity index (χ2n) is 6.44. The van der Waals surface area contributed by atoms with E-state index in [1.54, 1.807) is 4.90 Å². The Morgan fingerprint density at radius 3 is 2.41 bits per heavy atom. The lowest BCUT2D eigenvalue weighted by molar-refractivity contribution is -0.140. The number of hydrogen-bond acceptors (Lipinski definition) is 7. The van der Waals surface area contributed by atoms with Crippen molar-refractivity contribution in [2.75, 3.05) is 32.5 Å². The molecule has 3 rings (SSSR count). The van der Waals surface area contributed by atoms with Crippen LogP contribution in [0.1, 0.15) is 11.1 Å². The van der Waals surface area contributed by atoms with Gasteiger partial charge in [-0.15, -0.1) is 0 Å². The first-order valence-electron chi connectivity index (χ1n) is 9.07. The topological polar surface area (TPSA) is 74.3 Å². The van der Waals surface area contributed by atoms with Gasteiger partial charge in [-0.3, -0.25) is 0 Å². The Bertz CT molecular complexity index is 922. The summed E-state index contributed by atoms with van der Waals surface area (Å²) in [5.74, 6) is -0.558. The Balaban J connectivity index is 1.88. The number of aryl methyl sites for hydroxylation is 1. The van der Waals surface area contributed by atoms with Crippen molar-refractivity contribution in [2.45, 2.75) is 13.5 Å². The molecule has 29 heavy (non-hydrogen) atoms. The van der Waals surface area contributed by atoms with Crippen molar-refractivity contribution < 1.29 is 28.5 Å².